The summed E-state index contributed by atoms with van der Waals surface area (Å²) in [5.74, 6) is 0.622. The van der Waals surface area contributed by atoms with Crippen molar-refractivity contribution in [2.75, 3.05) is 45.7 Å². The van der Waals surface area contributed by atoms with Crippen molar-refractivity contribution < 1.29 is 14.6 Å². The van der Waals surface area contributed by atoms with Gasteiger partial charge in [-0.25, -0.2) is 0 Å². The lowest BCUT2D eigenvalue weighted by molar-refractivity contribution is 0.0341. The van der Waals surface area contributed by atoms with Gasteiger partial charge >= 0.3 is 0 Å². The Morgan fingerprint density at radius 2 is 1.87 bits per heavy atom. The van der Waals surface area contributed by atoms with Crippen molar-refractivity contribution in [3.05, 3.63) is 59.7 Å². The predicted octanol–water partition coefficient (Wildman–Crippen LogP) is 3.10. The molecule has 0 fully saturated rings. The average molecular weight is 426 g/mol. The summed E-state index contributed by atoms with van der Waals surface area (Å²) in [7, 11) is 6.00. The molecule has 0 spiro atoms. The van der Waals surface area contributed by atoms with E-state index < -0.39 is 0 Å². The SMILES string of the molecule is C[C@H](CO)N1C[C@H](C)[C@@H](CN(C)Cc2ccccc2)Oc2ccc(N(C)C)cc2C1=O. The number of carbonyl (C=O) groups is 1. The fraction of sp³-hybridized carbons (Fsp3) is 0.480. The summed E-state index contributed by atoms with van der Waals surface area (Å²) in [6, 6.07) is 15.9. The largest absolute Gasteiger partial charge is 0.488 e. The number of aliphatic hydroxyl groups excluding tert-OH is 1. The van der Waals surface area contributed by atoms with E-state index in [1.165, 1.54) is 5.56 Å². The molecule has 6 nitrogen and oxygen atoms in total. The van der Waals surface area contributed by atoms with Crippen molar-refractivity contribution >= 4 is 11.6 Å². The van der Waals surface area contributed by atoms with E-state index in [0.29, 0.717) is 17.9 Å². The number of hydrogen-bond acceptors (Lipinski definition) is 5. The number of rotatable bonds is 7. The summed E-state index contributed by atoms with van der Waals surface area (Å²) >= 11 is 0. The second kappa shape index (κ2) is 10.2. The number of amides is 1. The molecular weight excluding hydrogens is 390 g/mol. The summed E-state index contributed by atoms with van der Waals surface area (Å²) < 4.78 is 6.45. The van der Waals surface area contributed by atoms with Gasteiger partial charge in [-0.15, -0.1) is 0 Å². The molecule has 168 valence electrons. The lowest BCUT2D eigenvalue weighted by Crippen LogP contribution is -2.49. The topological polar surface area (TPSA) is 56.2 Å². The van der Waals surface area contributed by atoms with Gasteiger partial charge in [-0.3, -0.25) is 9.69 Å². The fourth-order valence-corrected chi connectivity index (χ4v) is 3.97. The van der Waals surface area contributed by atoms with Gasteiger partial charge in [0.2, 0.25) is 0 Å². The molecule has 0 aliphatic carbocycles. The Kier molecular flexibility index (Phi) is 7.57. The lowest BCUT2D eigenvalue weighted by Gasteiger charge is -2.38. The van der Waals surface area contributed by atoms with Crippen molar-refractivity contribution in [2.24, 2.45) is 5.92 Å². The minimum absolute atomic E-state index is 0.0689. The number of hydrogen-bond donors (Lipinski definition) is 1. The van der Waals surface area contributed by atoms with E-state index in [-0.39, 0.29) is 30.6 Å². The van der Waals surface area contributed by atoms with Crippen molar-refractivity contribution in [3.63, 3.8) is 0 Å². The number of likely N-dealkylation sites (N-methyl/N-ethyl adjacent to an activating group) is 1. The molecule has 6 heteroatoms. The molecular formula is C25H35N3O3. The minimum Gasteiger partial charge on any atom is -0.488 e. The van der Waals surface area contributed by atoms with Gasteiger partial charge < -0.3 is 19.6 Å². The van der Waals surface area contributed by atoms with E-state index in [4.69, 9.17) is 4.74 Å². The first-order valence-corrected chi connectivity index (χ1v) is 10.9. The molecule has 0 saturated carbocycles. The normalized spacial score (nSPS) is 20.0. The zero-order valence-electron chi connectivity index (χ0n) is 19.3. The number of fused-ring (bicyclic) bond motifs is 1. The number of carbonyl (C=O) groups excluding carboxylic acids is 1. The zero-order valence-corrected chi connectivity index (χ0v) is 19.3. The van der Waals surface area contributed by atoms with Crippen LogP contribution in [0.4, 0.5) is 5.69 Å². The number of nitrogens with zero attached hydrogens (tertiary/aromatic N) is 3. The van der Waals surface area contributed by atoms with E-state index >= 15 is 0 Å². The van der Waals surface area contributed by atoms with Gasteiger partial charge in [0, 0.05) is 45.3 Å². The molecule has 0 radical (unpaired) electrons. The Morgan fingerprint density at radius 3 is 2.52 bits per heavy atom. The van der Waals surface area contributed by atoms with E-state index in [1.807, 2.05) is 50.2 Å². The van der Waals surface area contributed by atoms with Crippen LogP contribution < -0.4 is 9.64 Å². The summed E-state index contributed by atoms with van der Waals surface area (Å²) in [5, 5.41) is 9.78. The monoisotopic (exact) mass is 425 g/mol. The fourth-order valence-electron chi connectivity index (χ4n) is 3.97. The summed E-state index contributed by atoms with van der Waals surface area (Å²) in [5.41, 5.74) is 2.75. The first kappa shape index (κ1) is 23.1. The number of aliphatic hydroxyl groups is 1. The molecule has 1 heterocycles. The quantitative estimate of drug-likeness (QED) is 0.739. The average Bonchev–Trinajstić information content (AvgIpc) is 2.75. The van der Waals surface area contributed by atoms with Crippen LogP contribution in [0.5, 0.6) is 5.75 Å². The van der Waals surface area contributed by atoms with Crippen molar-refractivity contribution in [1.29, 1.82) is 0 Å². The molecule has 31 heavy (non-hydrogen) atoms. The molecule has 0 unspecified atom stereocenters. The maximum absolute atomic E-state index is 13.4. The summed E-state index contributed by atoms with van der Waals surface area (Å²) in [6.07, 6.45) is -0.0841. The van der Waals surface area contributed by atoms with E-state index in [9.17, 15) is 9.90 Å². The van der Waals surface area contributed by atoms with Gasteiger partial charge in [0.05, 0.1) is 18.2 Å². The van der Waals surface area contributed by atoms with Crippen LogP contribution in [0.2, 0.25) is 0 Å². The van der Waals surface area contributed by atoms with E-state index in [2.05, 4.69) is 43.1 Å². The predicted molar refractivity (Wildman–Crippen MR) is 125 cm³/mol. The molecule has 3 atom stereocenters. The molecule has 0 aromatic heterocycles. The lowest BCUT2D eigenvalue weighted by atomic mass is 9.99. The standard InChI is InChI=1S/C25H35N3O3/c1-18-14-28(19(2)17-29)25(30)22-13-21(26(3)4)11-12-23(22)31-24(18)16-27(5)15-20-9-7-6-8-10-20/h6-13,18-19,24,29H,14-17H2,1-5H3/t18-,19+,24+/m0/s1. The number of ether oxygens (including phenoxy) is 1. The molecule has 2 aromatic carbocycles. The highest BCUT2D eigenvalue weighted by atomic mass is 16.5. The molecule has 1 N–H and O–H groups in total. The van der Waals surface area contributed by atoms with Crippen LogP contribution in [0.25, 0.3) is 0 Å². The first-order valence-electron chi connectivity index (χ1n) is 10.9. The van der Waals surface area contributed by atoms with Crippen LogP contribution in [0.1, 0.15) is 29.8 Å². The molecule has 1 amide bonds. The van der Waals surface area contributed by atoms with Gasteiger partial charge in [0.15, 0.2) is 0 Å². The van der Waals surface area contributed by atoms with Crippen molar-refractivity contribution in [2.45, 2.75) is 32.5 Å². The van der Waals surface area contributed by atoms with Gasteiger partial charge in [0.25, 0.3) is 5.91 Å². The smallest absolute Gasteiger partial charge is 0.258 e. The zero-order chi connectivity index (χ0) is 22.5. The van der Waals surface area contributed by atoms with Crippen LogP contribution in [0.15, 0.2) is 48.5 Å². The highest BCUT2D eigenvalue weighted by molar-refractivity contribution is 5.98. The molecule has 3 rings (SSSR count). The van der Waals surface area contributed by atoms with E-state index in [0.717, 1.165) is 18.8 Å². The highest BCUT2D eigenvalue weighted by Gasteiger charge is 2.33. The first-order chi connectivity index (χ1) is 14.8. The Bertz CT molecular complexity index is 872. The molecule has 1 aliphatic heterocycles. The van der Waals surface area contributed by atoms with Gasteiger partial charge in [0.1, 0.15) is 11.9 Å². The maximum Gasteiger partial charge on any atom is 0.258 e. The van der Waals surface area contributed by atoms with Crippen LogP contribution in [0.3, 0.4) is 0 Å². The Labute approximate surface area is 186 Å². The Balaban J connectivity index is 1.89. The third kappa shape index (κ3) is 5.57. The van der Waals surface area contributed by atoms with E-state index in [1.54, 1.807) is 4.90 Å². The third-order valence-corrected chi connectivity index (χ3v) is 5.95. The second-order valence-corrected chi connectivity index (χ2v) is 8.88. The van der Waals surface area contributed by atoms with Crippen LogP contribution in [-0.2, 0) is 6.54 Å². The molecule has 1 aliphatic rings. The second-order valence-electron chi connectivity index (χ2n) is 8.88. The molecule has 2 aromatic rings. The molecule has 0 saturated heterocycles. The van der Waals surface area contributed by atoms with Crippen molar-refractivity contribution in [1.82, 2.24) is 9.80 Å². The molecule has 0 bridgehead atoms. The van der Waals surface area contributed by atoms with Crippen molar-refractivity contribution in [3.8, 4) is 5.75 Å². The van der Waals surface area contributed by atoms with Gasteiger partial charge in [-0.2, -0.15) is 0 Å². The van der Waals surface area contributed by atoms with Crippen LogP contribution in [-0.4, -0.2) is 73.8 Å². The van der Waals surface area contributed by atoms with Gasteiger partial charge in [-0.1, -0.05) is 37.3 Å². The summed E-state index contributed by atoms with van der Waals surface area (Å²) in [4.78, 5) is 19.4. The number of benzene rings is 2. The third-order valence-electron chi connectivity index (χ3n) is 5.95. The number of anilines is 1. The summed E-state index contributed by atoms with van der Waals surface area (Å²) in [6.45, 7) is 6.04. The Hall–Kier alpha value is -2.57. The van der Waals surface area contributed by atoms with Gasteiger partial charge in [-0.05, 0) is 37.7 Å². The van der Waals surface area contributed by atoms with Crippen LogP contribution >= 0.6 is 0 Å². The highest BCUT2D eigenvalue weighted by Crippen LogP contribution is 2.31. The van der Waals surface area contributed by atoms with Crippen LogP contribution in [0, 0.1) is 5.92 Å². The maximum atomic E-state index is 13.4. The Morgan fingerprint density at radius 1 is 1.16 bits per heavy atom. The minimum atomic E-state index is -0.258.